The quantitative estimate of drug-likeness (QED) is 0.738. The molecule has 18 heavy (non-hydrogen) atoms. The number of para-hydroxylation sites is 1. The molecule has 0 saturated heterocycles. The van der Waals surface area contributed by atoms with E-state index in [9.17, 15) is 5.26 Å². The Morgan fingerprint density at radius 1 is 1.06 bits per heavy atom. The summed E-state index contributed by atoms with van der Waals surface area (Å²) < 4.78 is 5.73. The standard InChI is InChI=1S/C16H21NO/c17-14-16(10-6-1-2-7-11-16)12-13-18-15-8-4-3-5-9-15/h3-5,8-9H,1-2,6-7,10-13H2. The van der Waals surface area contributed by atoms with E-state index < -0.39 is 0 Å². The van der Waals surface area contributed by atoms with E-state index in [-0.39, 0.29) is 5.41 Å². The maximum atomic E-state index is 9.46. The van der Waals surface area contributed by atoms with Crippen LogP contribution in [0.3, 0.4) is 0 Å². The Kier molecular flexibility index (Phi) is 4.64. The van der Waals surface area contributed by atoms with Gasteiger partial charge in [-0.25, -0.2) is 0 Å². The van der Waals surface area contributed by atoms with Crippen molar-refractivity contribution < 1.29 is 4.74 Å². The maximum Gasteiger partial charge on any atom is 0.119 e. The fourth-order valence-electron chi connectivity index (χ4n) is 2.70. The highest BCUT2D eigenvalue weighted by Crippen LogP contribution is 2.37. The van der Waals surface area contributed by atoms with Gasteiger partial charge in [0, 0.05) is 6.42 Å². The van der Waals surface area contributed by atoms with Gasteiger partial charge >= 0.3 is 0 Å². The predicted octanol–water partition coefficient (Wildman–Crippen LogP) is 4.32. The molecular formula is C16H21NO. The van der Waals surface area contributed by atoms with Crippen LogP contribution < -0.4 is 4.74 Å². The van der Waals surface area contributed by atoms with Crippen LogP contribution in [0.15, 0.2) is 30.3 Å². The van der Waals surface area contributed by atoms with Crippen LogP contribution in [0.5, 0.6) is 5.75 Å². The molecule has 0 amide bonds. The minimum Gasteiger partial charge on any atom is -0.494 e. The second-order valence-electron chi connectivity index (χ2n) is 5.22. The van der Waals surface area contributed by atoms with Gasteiger partial charge in [0.1, 0.15) is 5.75 Å². The number of benzene rings is 1. The van der Waals surface area contributed by atoms with Gasteiger partial charge < -0.3 is 4.74 Å². The molecule has 2 nitrogen and oxygen atoms in total. The van der Waals surface area contributed by atoms with E-state index in [4.69, 9.17) is 4.74 Å². The fraction of sp³-hybridized carbons (Fsp3) is 0.562. The minimum absolute atomic E-state index is 0.134. The molecule has 1 aliphatic rings. The molecule has 0 N–H and O–H groups in total. The smallest absolute Gasteiger partial charge is 0.119 e. The molecule has 1 aromatic rings. The predicted molar refractivity (Wildman–Crippen MR) is 72.3 cm³/mol. The molecule has 1 aliphatic carbocycles. The van der Waals surface area contributed by atoms with Gasteiger partial charge in [-0.1, -0.05) is 43.9 Å². The second kappa shape index (κ2) is 6.44. The summed E-state index contributed by atoms with van der Waals surface area (Å²) in [5.74, 6) is 0.902. The topological polar surface area (TPSA) is 33.0 Å². The molecule has 0 bridgehead atoms. The van der Waals surface area contributed by atoms with Crippen LogP contribution in [0.4, 0.5) is 0 Å². The molecule has 96 valence electrons. The van der Waals surface area contributed by atoms with Crippen molar-refractivity contribution in [3.8, 4) is 11.8 Å². The highest BCUT2D eigenvalue weighted by atomic mass is 16.5. The average Bonchev–Trinajstić information content (AvgIpc) is 2.66. The first-order valence-electron chi connectivity index (χ1n) is 6.94. The molecule has 1 saturated carbocycles. The van der Waals surface area contributed by atoms with Gasteiger partial charge in [0.15, 0.2) is 0 Å². The summed E-state index contributed by atoms with van der Waals surface area (Å²) in [5.41, 5.74) is -0.134. The van der Waals surface area contributed by atoms with Crippen molar-refractivity contribution in [2.75, 3.05) is 6.61 Å². The Balaban J connectivity index is 1.85. The number of rotatable bonds is 4. The lowest BCUT2D eigenvalue weighted by atomic mass is 9.79. The molecule has 0 unspecified atom stereocenters. The van der Waals surface area contributed by atoms with Crippen LogP contribution in [0.2, 0.25) is 0 Å². The Hall–Kier alpha value is -1.49. The van der Waals surface area contributed by atoms with E-state index in [2.05, 4.69) is 6.07 Å². The molecule has 0 aromatic heterocycles. The van der Waals surface area contributed by atoms with Crippen LogP contribution in [0.25, 0.3) is 0 Å². The summed E-state index contributed by atoms with van der Waals surface area (Å²) in [7, 11) is 0. The SMILES string of the molecule is N#CC1(CCOc2ccccc2)CCCCCC1. The first kappa shape index (κ1) is 13.0. The van der Waals surface area contributed by atoms with Crippen molar-refractivity contribution in [3.63, 3.8) is 0 Å². The Bertz CT molecular complexity index is 385. The first-order valence-corrected chi connectivity index (χ1v) is 6.94. The van der Waals surface area contributed by atoms with Crippen molar-refractivity contribution in [2.24, 2.45) is 5.41 Å². The van der Waals surface area contributed by atoms with Gasteiger partial charge in [-0.2, -0.15) is 5.26 Å². The second-order valence-corrected chi connectivity index (χ2v) is 5.22. The van der Waals surface area contributed by atoms with E-state index in [0.29, 0.717) is 6.61 Å². The van der Waals surface area contributed by atoms with Crippen LogP contribution in [0, 0.1) is 16.7 Å². The fourth-order valence-corrected chi connectivity index (χ4v) is 2.70. The van der Waals surface area contributed by atoms with Crippen LogP contribution in [-0.2, 0) is 0 Å². The monoisotopic (exact) mass is 243 g/mol. The van der Waals surface area contributed by atoms with Gasteiger partial charge in [-0.3, -0.25) is 0 Å². The van der Waals surface area contributed by atoms with Crippen LogP contribution in [-0.4, -0.2) is 6.61 Å². The van der Waals surface area contributed by atoms with Gasteiger partial charge in [0.2, 0.25) is 0 Å². The minimum atomic E-state index is -0.134. The van der Waals surface area contributed by atoms with Crippen molar-refractivity contribution >= 4 is 0 Å². The lowest BCUT2D eigenvalue weighted by Crippen LogP contribution is -2.21. The van der Waals surface area contributed by atoms with Gasteiger partial charge in [-0.05, 0) is 25.0 Å². The molecule has 0 aliphatic heterocycles. The molecule has 0 spiro atoms. The first-order chi connectivity index (χ1) is 8.85. The van der Waals surface area contributed by atoms with E-state index in [1.165, 1.54) is 25.7 Å². The Morgan fingerprint density at radius 3 is 2.33 bits per heavy atom. The third-order valence-corrected chi connectivity index (χ3v) is 3.89. The number of nitrogens with zero attached hydrogens (tertiary/aromatic N) is 1. The van der Waals surface area contributed by atoms with Crippen molar-refractivity contribution in [1.82, 2.24) is 0 Å². The lowest BCUT2D eigenvalue weighted by molar-refractivity contribution is 0.223. The van der Waals surface area contributed by atoms with E-state index in [1.54, 1.807) is 0 Å². The molecule has 1 aromatic carbocycles. The molecule has 0 heterocycles. The zero-order valence-electron chi connectivity index (χ0n) is 10.9. The lowest BCUT2D eigenvalue weighted by Gasteiger charge is -2.24. The zero-order valence-corrected chi connectivity index (χ0v) is 10.9. The largest absolute Gasteiger partial charge is 0.494 e. The van der Waals surface area contributed by atoms with E-state index >= 15 is 0 Å². The Labute approximate surface area is 110 Å². The van der Waals surface area contributed by atoms with Gasteiger partial charge in [0.05, 0.1) is 18.1 Å². The summed E-state index contributed by atoms with van der Waals surface area (Å²) in [5, 5.41) is 9.46. The maximum absolute atomic E-state index is 9.46. The summed E-state index contributed by atoms with van der Waals surface area (Å²) in [6.45, 7) is 0.650. The molecule has 2 rings (SSSR count). The highest BCUT2D eigenvalue weighted by molar-refractivity contribution is 5.20. The normalized spacial score (nSPS) is 18.6. The number of ether oxygens (including phenoxy) is 1. The Morgan fingerprint density at radius 2 is 1.72 bits per heavy atom. The van der Waals surface area contributed by atoms with Crippen LogP contribution in [0.1, 0.15) is 44.9 Å². The molecular weight excluding hydrogens is 222 g/mol. The number of hydrogen-bond donors (Lipinski definition) is 0. The van der Waals surface area contributed by atoms with Gasteiger partial charge in [0.25, 0.3) is 0 Å². The highest BCUT2D eigenvalue weighted by Gasteiger charge is 2.30. The third kappa shape index (κ3) is 3.50. The van der Waals surface area contributed by atoms with E-state index in [0.717, 1.165) is 25.0 Å². The summed E-state index contributed by atoms with van der Waals surface area (Å²) in [4.78, 5) is 0. The van der Waals surface area contributed by atoms with Crippen molar-refractivity contribution in [3.05, 3.63) is 30.3 Å². The van der Waals surface area contributed by atoms with Crippen molar-refractivity contribution in [2.45, 2.75) is 44.9 Å². The van der Waals surface area contributed by atoms with Crippen molar-refractivity contribution in [1.29, 1.82) is 5.26 Å². The molecule has 1 fully saturated rings. The number of hydrogen-bond acceptors (Lipinski definition) is 2. The number of nitriles is 1. The third-order valence-electron chi connectivity index (χ3n) is 3.89. The molecule has 0 atom stereocenters. The van der Waals surface area contributed by atoms with Gasteiger partial charge in [-0.15, -0.1) is 0 Å². The molecule has 2 heteroatoms. The van der Waals surface area contributed by atoms with E-state index in [1.807, 2.05) is 30.3 Å². The summed E-state index contributed by atoms with van der Waals surface area (Å²) in [6.07, 6.45) is 7.89. The summed E-state index contributed by atoms with van der Waals surface area (Å²) >= 11 is 0. The molecule has 0 radical (unpaired) electrons. The van der Waals surface area contributed by atoms with Crippen LogP contribution >= 0.6 is 0 Å². The zero-order chi connectivity index (χ0) is 12.7. The average molecular weight is 243 g/mol. The summed E-state index contributed by atoms with van der Waals surface area (Å²) in [6, 6.07) is 12.4.